The van der Waals surface area contributed by atoms with Crippen LogP contribution in [0.4, 0.5) is 0 Å². The van der Waals surface area contributed by atoms with Gasteiger partial charge in [0.25, 0.3) is 0 Å². The van der Waals surface area contributed by atoms with Crippen LogP contribution in [0, 0.1) is 17.8 Å². The van der Waals surface area contributed by atoms with E-state index in [4.69, 9.17) is 10.5 Å². The molecule has 1 saturated carbocycles. The lowest BCUT2D eigenvalue weighted by atomic mass is 9.76. The summed E-state index contributed by atoms with van der Waals surface area (Å²) in [6, 6.07) is 0.423. The molecule has 102 valence electrons. The summed E-state index contributed by atoms with van der Waals surface area (Å²) in [5.41, 5.74) is 6.20. The summed E-state index contributed by atoms with van der Waals surface area (Å²) >= 11 is 0. The van der Waals surface area contributed by atoms with Crippen LogP contribution in [0.15, 0.2) is 0 Å². The minimum absolute atomic E-state index is 0.423. The summed E-state index contributed by atoms with van der Waals surface area (Å²) < 4.78 is 5.71. The van der Waals surface area contributed by atoms with Gasteiger partial charge in [-0.3, -0.25) is 0 Å². The molecule has 0 heterocycles. The fraction of sp³-hybridized carbons (Fsp3) is 1.00. The van der Waals surface area contributed by atoms with Crippen molar-refractivity contribution >= 4 is 0 Å². The normalized spacial score (nSPS) is 29.8. The fourth-order valence-corrected chi connectivity index (χ4v) is 2.74. The van der Waals surface area contributed by atoms with E-state index in [0.29, 0.717) is 12.0 Å². The molecule has 0 radical (unpaired) electrons. The summed E-state index contributed by atoms with van der Waals surface area (Å²) in [6.45, 7) is 8.61. The zero-order valence-electron chi connectivity index (χ0n) is 12.0. The van der Waals surface area contributed by atoms with Crippen molar-refractivity contribution in [3.63, 3.8) is 0 Å². The number of hydrogen-bond acceptors (Lipinski definition) is 2. The molecule has 2 heteroatoms. The first-order valence-corrected chi connectivity index (χ1v) is 7.46. The molecule has 2 N–H and O–H groups in total. The van der Waals surface area contributed by atoms with Gasteiger partial charge in [-0.15, -0.1) is 0 Å². The Bertz CT molecular complexity index is 193. The Kier molecular flexibility index (Phi) is 7.14. The summed E-state index contributed by atoms with van der Waals surface area (Å²) in [5.74, 6) is 2.36. The Morgan fingerprint density at radius 1 is 1.24 bits per heavy atom. The molecule has 17 heavy (non-hydrogen) atoms. The Labute approximate surface area is 107 Å². The number of hydrogen-bond donors (Lipinski definition) is 1. The minimum atomic E-state index is 0.423. The largest absolute Gasteiger partial charge is 0.381 e. The smallest absolute Gasteiger partial charge is 0.0469 e. The fourth-order valence-electron chi connectivity index (χ4n) is 2.74. The number of nitrogens with two attached hydrogens (primary N) is 1. The average Bonchev–Trinajstić information content (AvgIpc) is 2.30. The average molecular weight is 241 g/mol. The van der Waals surface area contributed by atoms with Crippen molar-refractivity contribution in [3.05, 3.63) is 0 Å². The number of rotatable bonds is 7. The summed E-state index contributed by atoms with van der Waals surface area (Å²) in [5, 5.41) is 0. The molecule has 0 aromatic carbocycles. The summed E-state index contributed by atoms with van der Waals surface area (Å²) in [4.78, 5) is 0. The van der Waals surface area contributed by atoms with Crippen molar-refractivity contribution in [2.45, 2.75) is 65.3 Å². The van der Waals surface area contributed by atoms with Crippen molar-refractivity contribution in [2.75, 3.05) is 13.2 Å². The third-order valence-electron chi connectivity index (χ3n) is 4.20. The van der Waals surface area contributed by atoms with Gasteiger partial charge in [0.15, 0.2) is 0 Å². The highest BCUT2D eigenvalue weighted by atomic mass is 16.5. The second kappa shape index (κ2) is 8.10. The minimum Gasteiger partial charge on any atom is -0.381 e. The molecule has 0 aliphatic heterocycles. The maximum Gasteiger partial charge on any atom is 0.0469 e. The van der Waals surface area contributed by atoms with Gasteiger partial charge in [0, 0.05) is 19.3 Å². The van der Waals surface area contributed by atoms with E-state index in [1.54, 1.807) is 0 Å². The van der Waals surface area contributed by atoms with Gasteiger partial charge in [-0.2, -0.15) is 0 Å². The van der Waals surface area contributed by atoms with Gasteiger partial charge in [-0.05, 0) is 49.9 Å². The lowest BCUT2D eigenvalue weighted by Crippen LogP contribution is -2.36. The topological polar surface area (TPSA) is 35.2 Å². The molecule has 3 unspecified atom stereocenters. The van der Waals surface area contributed by atoms with Crippen molar-refractivity contribution in [1.29, 1.82) is 0 Å². The van der Waals surface area contributed by atoms with Gasteiger partial charge >= 0.3 is 0 Å². The summed E-state index contributed by atoms with van der Waals surface area (Å²) in [6.07, 6.45) is 7.53. The first-order chi connectivity index (χ1) is 8.13. The predicted molar refractivity (Wildman–Crippen MR) is 74.0 cm³/mol. The first-order valence-electron chi connectivity index (χ1n) is 7.46. The molecular formula is C15H31NO. The van der Waals surface area contributed by atoms with Crippen LogP contribution in [0.2, 0.25) is 0 Å². The molecule has 3 atom stereocenters. The van der Waals surface area contributed by atoms with Gasteiger partial charge < -0.3 is 10.5 Å². The SMILES string of the molecule is CCC1CCC(N)C(CCOCCC(C)C)C1. The van der Waals surface area contributed by atoms with Crippen molar-refractivity contribution in [2.24, 2.45) is 23.5 Å². The van der Waals surface area contributed by atoms with E-state index in [1.165, 1.54) is 32.1 Å². The van der Waals surface area contributed by atoms with E-state index in [9.17, 15) is 0 Å². The van der Waals surface area contributed by atoms with E-state index >= 15 is 0 Å². The maximum absolute atomic E-state index is 6.20. The molecule has 1 fully saturated rings. The number of ether oxygens (including phenoxy) is 1. The molecule has 0 bridgehead atoms. The molecule has 0 aromatic rings. The van der Waals surface area contributed by atoms with E-state index in [-0.39, 0.29) is 0 Å². The Morgan fingerprint density at radius 3 is 2.65 bits per heavy atom. The molecule has 0 saturated heterocycles. The summed E-state index contributed by atoms with van der Waals surface area (Å²) in [7, 11) is 0. The third kappa shape index (κ3) is 5.87. The molecule has 0 spiro atoms. The highest BCUT2D eigenvalue weighted by molar-refractivity contribution is 4.81. The van der Waals surface area contributed by atoms with Gasteiger partial charge in [0.2, 0.25) is 0 Å². The standard InChI is InChI=1S/C15H31NO/c1-4-13-5-6-15(16)14(11-13)8-10-17-9-7-12(2)3/h12-15H,4-11,16H2,1-3H3. The van der Waals surface area contributed by atoms with Crippen LogP contribution in [-0.4, -0.2) is 19.3 Å². The molecule has 0 amide bonds. The molecule has 1 rings (SSSR count). The van der Waals surface area contributed by atoms with Crippen LogP contribution in [0.1, 0.15) is 59.3 Å². The predicted octanol–water partition coefficient (Wildman–Crippen LogP) is 3.59. The van der Waals surface area contributed by atoms with E-state index in [1.807, 2.05) is 0 Å². The van der Waals surface area contributed by atoms with Crippen LogP contribution in [0.5, 0.6) is 0 Å². The van der Waals surface area contributed by atoms with Crippen LogP contribution in [0.3, 0.4) is 0 Å². The molecule has 1 aliphatic carbocycles. The van der Waals surface area contributed by atoms with Crippen molar-refractivity contribution in [1.82, 2.24) is 0 Å². The lowest BCUT2D eigenvalue weighted by Gasteiger charge is -2.33. The van der Waals surface area contributed by atoms with E-state index in [2.05, 4.69) is 20.8 Å². The van der Waals surface area contributed by atoms with Crippen molar-refractivity contribution < 1.29 is 4.74 Å². The van der Waals surface area contributed by atoms with Crippen LogP contribution < -0.4 is 5.73 Å². The first kappa shape index (κ1) is 15.0. The lowest BCUT2D eigenvalue weighted by molar-refractivity contribution is 0.0944. The van der Waals surface area contributed by atoms with E-state index < -0.39 is 0 Å². The quantitative estimate of drug-likeness (QED) is 0.691. The van der Waals surface area contributed by atoms with Gasteiger partial charge in [-0.1, -0.05) is 27.2 Å². The highest BCUT2D eigenvalue weighted by Crippen LogP contribution is 2.32. The molecule has 0 aromatic heterocycles. The van der Waals surface area contributed by atoms with Gasteiger partial charge in [-0.25, -0.2) is 0 Å². The van der Waals surface area contributed by atoms with Gasteiger partial charge in [0.1, 0.15) is 0 Å². The molecule has 2 nitrogen and oxygen atoms in total. The van der Waals surface area contributed by atoms with Crippen LogP contribution in [-0.2, 0) is 4.74 Å². The van der Waals surface area contributed by atoms with E-state index in [0.717, 1.165) is 31.5 Å². The second-order valence-corrected chi connectivity index (χ2v) is 6.09. The zero-order valence-corrected chi connectivity index (χ0v) is 12.0. The monoisotopic (exact) mass is 241 g/mol. The Morgan fingerprint density at radius 2 is 2.00 bits per heavy atom. The van der Waals surface area contributed by atoms with Crippen molar-refractivity contribution in [3.8, 4) is 0 Å². The molecular weight excluding hydrogens is 210 g/mol. The Hall–Kier alpha value is -0.0800. The zero-order chi connectivity index (χ0) is 12.7. The third-order valence-corrected chi connectivity index (χ3v) is 4.20. The maximum atomic E-state index is 6.20. The molecule has 1 aliphatic rings. The highest BCUT2D eigenvalue weighted by Gasteiger charge is 2.26. The second-order valence-electron chi connectivity index (χ2n) is 6.09. The Balaban J connectivity index is 2.12. The van der Waals surface area contributed by atoms with Crippen LogP contribution in [0.25, 0.3) is 0 Å². The van der Waals surface area contributed by atoms with Gasteiger partial charge in [0.05, 0.1) is 0 Å². The van der Waals surface area contributed by atoms with Crippen LogP contribution >= 0.6 is 0 Å².